The zero-order valence-corrected chi connectivity index (χ0v) is 22.7. The average Bonchev–Trinajstić information content (AvgIpc) is 2.91. The molecule has 0 atom stereocenters. The van der Waals surface area contributed by atoms with Crippen LogP contribution in [0.15, 0.2) is 83.0 Å². The zero-order valence-electron chi connectivity index (χ0n) is 19.6. The van der Waals surface area contributed by atoms with Gasteiger partial charge in [-0.2, -0.15) is 0 Å². The smallest absolute Gasteiger partial charge is 0.0449 e. The lowest BCUT2D eigenvalue weighted by atomic mass is 9.76. The summed E-state index contributed by atoms with van der Waals surface area (Å²) in [6.07, 6.45) is 8.37. The van der Waals surface area contributed by atoms with E-state index >= 15 is 0 Å². The van der Waals surface area contributed by atoms with Gasteiger partial charge in [-0.25, -0.2) is 0 Å². The van der Waals surface area contributed by atoms with E-state index in [4.69, 9.17) is 23.2 Å². The molecule has 0 saturated heterocycles. The van der Waals surface area contributed by atoms with Crippen molar-refractivity contribution in [3.05, 3.63) is 110 Å². The van der Waals surface area contributed by atoms with Crippen LogP contribution in [-0.4, -0.2) is 7.05 Å². The highest BCUT2D eigenvalue weighted by Crippen LogP contribution is 2.47. The Balaban J connectivity index is 1.83. The molecule has 168 valence electrons. The van der Waals surface area contributed by atoms with Gasteiger partial charge in [0.1, 0.15) is 0 Å². The van der Waals surface area contributed by atoms with E-state index in [9.17, 15) is 0 Å². The summed E-state index contributed by atoms with van der Waals surface area (Å²) >= 11 is 16.2. The molecule has 4 heteroatoms. The maximum Gasteiger partial charge on any atom is 0.0449 e. The molecular weight excluding hydrogens is 501 g/mol. The maximum atomic E-state index is 6.26. The molecule has 0 fully saturated rings. The number of fused-ring (bicyclic) bond motifs is 1. The standard InChI is InChI=1S/C28H30BrCl2N/c1-18-8-12-21(30)16-23(18)27(3,4)19(2)9-10-20(29)11-15-26-28(5,6)24-17-22(31)13-14-25(24)32(26)7/h8-17H,2H2,1,3-7H3/b10-9+,20-11-,26-15+. The summed E-state index contributed by atoms with van der Waals surface area (Å²) < 4.78 is 0.975. The van der Waals surface area contributed by atoms with E-state index in [2.05, 4.69) is 106 Å². The minimum absolute atomic E-state index is 0.127. The molecule has 0 amide bonds. The topological polar surface area (TPSA) is 3.24 Å². The molecule has 1 aliphatic rings. The van der Waals surface area contributed by atoms with Gasteiger partial charge in [-0.3, -0.25) is 0 Å². The predicted molar refractivity (Wildman–Crippen MR) is 145 cm³/mol. The van der Waals surface area contributed by atoms with Gasteiger partial charge >= 0.3 is 0 Å². The van der Waals surface area contributed by atoms with Gasteiger partial charge < -0.3 is 4.90 Å². The van der Waals surface area contributed by atoms with Crippen LogP contribution in [0.5, 0.6) is 0 Å². The van der Waals surface area contributed by atoms with Crippen LogP contribution in [0.2, 0.25) is 10.0 Å². The van der Waals surface area contributed by atoms with E-state index in [1.165, 1.54) is 28.1 Å². The lowest BCUT2D eigenvalue weighted by molar-refractivity contribution is 0.637. The summed E-state index contributed by atoms with van der Waals surface area (Å²) in [5.74, 6) is 0. The molecule has 0 aromatic heterocycles. The summed E-state index contributed by atoms with van der Waals surface area (Å²) in [5, 5.41) is 1.51. The Morgan fingerprint density at radius 1 is 1.06 bits per heavy atom. The van der Waals surface area contributed by atoms with Gasteiger partial charge in [0.15, 0.2) is 0 Å². The Labute approximate surface area is 211 Å². The number of hydrogen-bond donors (Lipinski definition) is 0. The van der Waals surface area contributed by atoms with Crippen LogP contribution in [0, 0.1) is 6.92 Å². The van der Waals surface area contributed by atoms with Crippen molar-refractivity contribution in [3.63, 3.8) is 0 Å². The number of likely N-dealkylation sites (N-methyl/N-ethyl adjacent to an activating group) is 1. The first-order chi connectivity index (χ1) is 14.9. The third-order valence-electron chi connectivity index (χ3n) is 6.51. The van der Waals surface area contributed by atoms with E-state index in [0.717, 1.165) is 20.1 Å². The van der Waals surface area contributed by atoms with Crippen LogP contribution in [0.1, 0.15) is 44.4 Å². The lowest BCUT2D eigenvalue weighted by Gasteiger charge is -2.28. The van der Waals surface area contributed by atoms with Gasteiger partial charge in [-0.15, -0.1) is 0 Å². The number of benzene rings is 2. The van der Waals surface area contributed by atoms with Crippen LogP contribution < -0.4 is 4.90 Å². The summed E-state index contributed by atoms with van der Waals surface area (Å²) in [5.41, 5.74) is 6.70. The zero-order chi connectivity index (χ0) is 23.8. The Hall–Kier alpha value is -1.74. The van der Waals surface area contributed by atoms with Crippen LogP contribution in [0.3, 0.4) is 0 Å². The van der Waals surface area contributed by atoms with E-state index in [-0.39, 0.29) is 10.8 Å². The second-order valence-corrected chi connectivity index (χ2v) is 11.2. The molecule has 0 radical (unpaired) electrons. The maximum absolute atomic E-state index is 6.26. The molecule has 3 rings (SSSR count). The fraction of sp³-hybridized carbons (Fsp3) is 0.286. The van der Waals surface area contributed by atoms with Crippen LogP contribution >= 0.6 is 39.1 Å². The van der Waals surface area contributed by atoms with Crippen LogP contribution in [-0.2, 0) is 10.8 Å². The number of nitrogens with zero attached hydrogens (tertiary/aromatic N) is 1. The molecule has 2 aromatic rings. The van der Waals surface area contributed by atoms with Gasteiger partial charge in [0.2, 0.25) is 0 Å². The van der Waals surface area contributed by atoms with Gasteiger partial charge in [0, 0.05) is 43.8 Å². The molecule has 0 bridgehead atoms. The molecule has 1 heterocycles. The van der Waals surface area contributed by atoms with E-state index in [0.29, 0.717) is 0 Å². The Morgan fingerprint density at radius 2 is 1.69 bits per heavy atom. The van der Waals surface area contributed by atoms with Crippen molar-refractivity contribution in [2.75, 3.05) is 11.9 Å². The summed E-state index contributed by atoms with van der Waals surface area (Å²) in [4.78, 5) is 2.23. The molecule has 0 spiro atoms. The van der Waals surface area contributed by atoms with Gasteiger partial charge in [0.25, 0.3) is 0 Å². The number of rotatable bonds is 5. The molecule has 0 saturated carbocycles. The molecule has 32 heavy (non-hydrogen) atoms. The first kappa shape index (κ1) is 24.9. The first-order valence-electron chi connectivity index (χ1n) is 10.6. The van der Waals surface area contributed by atoms with E-state index in [1.807, 2.05) is 24.3 Å². The van der Waals surface area contributed by atoms with Gasteiger partial charge in [0.05, 0.1) is 0 Å². The Morgan fingerprint density at radius 3 is 2.38 bits per heavy atom. The average molecular weight is 531 g/mol. The van der Waals surface area contributed by atoms with Crippen LogP contribution in [0.25, 0.3) is 0 Å². The molecular formula is C28H30BrCl2N. The molecule has 2 aromatic carbocycles. The lowest BCUT2D eigenvalue weighted by Crippen LogP contribution is -2.22. The van der Waals surface area contributed by atoms with Crippen molar-refractivity contribution in [1.29, 1.82) is 0 Å². The molecule has 0 N–H and O–H groups in total. The molecule has 0 aliphatic carbocycles. The highest BCUT2D eigenvalue weighted by Gasteiger charge is 2.38. The minimum atomic E-state index is -0.230. The number of halogens is 3. The normalized spacial score (nSPS) is 17.3. The van der Waals surface area contributed by atoms with Gasteiger partial charge in [-0.05, 0) is 77.7 Å². The van der Waals surface area contributed by atoms with Crippen LogP contribution in [0.4, 0.5) is 5.69 Å². The van der Waals surface area contributed by atoms with E-state index in [1.54, 1.807) is 0 Å². The molecule has 0 unspecified atom stereocenters. The summed E-state index contributed by atoms with van der Waals surface area (Å²) in [6.45, 7) is 15.3. The van der Waals surface area contributed by atoms with Gasteiger partial charge in [-0.1, -0.05) is 85.5 Å². The second kappa shape index (κ2) is 9.25. The second-order valence-electron chi connectivity index (χ2n) is 9.39. The Bertz CT molecular complexity index is 1150. The first-order valence-corrected chi connectivity index (χ1v) is 12.2. The van der Waals surface area contributed by atoms with Crippen molar-refractivity contribution in [3.8, 4) is 0 Å². The summed E-state index contributed by atoms with van der Waals surface area (Å²) in [7, 11) is 2.10. The molecule has 1 aliphatic heterocycles. The number of anilines is 1. The fourth-order valence-corrected chi connectivity index (χ4v) is 4.96. The fourth-order valence-electron chi connectivity index (χ4n) is 4.35. The quantitative estimate of drug-likeness (QED) is 0.348. The SMILES string of the molecule is C=C(/C=C/C(Br)=C/C=C1/N(C)c2ccc(Cl)cc2C1(C)C)C(C)(C)c1cc(Cl)ccc1C. The highest BCUT2D eigenvalue weighted by atomic mass is 79.9. The van der Waals surface area contributed by atoms with Crippen molar-refractivity contribution >= 4 is 44.8 Å². The third kappa shape index (κ3) is 4.78. The molecule has 1 nitrogen and oxygen atoms in total. The number of aryl methyl sites for hydroxylation is 1. The van der Waals surface area contributed by atoms with Crippen molar-refractivity contribution < 1.29 is 0 Å². The van der Waals surface area contributed by atoms with Crippen molar-refractivity contribution in [2.24, 2.45) is 0 Å². The monoisotopic (exact) mass is 529 g/mol. The highest BCUT2D eigenvalue weighted by molar-refractivity contribution is 9.11. The largest absolute Gasteiger partial charge is 0.347 e. The Kier molecular flexibility index (Phi) is 7.20. The van der Waals surface area contributed by atoms with E-state index < -0.39 is 0 Å². The third-order valence-corrected chi connectivity index (χ3v) is 7.51. The van der Waals surface area contributed by atoms with Crippen molar-refractivity contribution in [2.45, 2.75) is 45.4 Å². The minimum Gasteiger partial charge on any atom is -0.347 e. The van der Waals surface area contributed by atoms with Crippen molar-refractivity contribution in [1.82, 2.24) is 0 Å². The number of hydrogen-bond acceptors (Lipinski definition) is 1. The number of allylic oxidation sites excluding steroid dienone is 7. The predicted octanol–water partition coefficient (Wildman–Crippen LogP) is 9.28. The summed E-state index contributed by atoms with van der Waals surface area (Å²) in [6, 6.07) is 12.1.